The summed E-state index contributed by atoms with van der Waals surface area (Å²) in [4.78, 5) is 26.8. The summed E-state index contributed by atoms with van der Waals surface area (Å²) in [6.45, 7) is 6.38. The number of carbonyl (C=O) groups is 2. The Morgan fingerprint density at radius 3 is 2.52 bits per heavy atom. The van der Waals surface area contributed by atoms with Gasteiger partial charge in [0, 0.05) is 29.4 Å². The molecule has 1 atom stereocenters. The number of aryl methyl sites for hydroxylation is 1. The van der Waals surface area contributed by atoms with Crippen LogP contribution >= 0.6 is 23.4 Å². The molecule has 0 radical (unpaired) electrons. The lowest BCUT2D eigenvalue weighted by Crippen LogP contribution is -2.48. The molecule has 0 saturated carbocycles. The van der Waals surface area contributed by atoms with Gasteiger partial charge in [0.2, 0.25) is 11.8 Å². The zero-order valence-electron chi connectivity index (χ0n) is 16.9. The molecule has 0 aromatic heterocycles. The molecule has 4 nitrogen and oxygen atoms in total. The largest absolute Gasteiger partial charge is 0.355 e. The summed E-state index contributed by atoms with van der Waals surface area (Å²) in [5, 5.41) is 3.11. The van der Waals surface area contributed by atoms with E-state index in [0.717, 1.165) is 11.1 Å². The highest BCUT2D eigenvalue weighted by molar-refractivity contribution is 7.99. The van der Waals surface area contributed by atoms with Gasteiger partial charge in [0.15, 0.2) is 0 Å². The van der Waals surface area contributed by atoms with E-state index in [-0.39, 0.29) is 29.1 Å². The predicted molar refractivity (Wildman–Crippen MR) is 117 cm³/mol. The SMILES string of the molecule is CCNC(=O)[C@H](C)N(Cc1ccc(C)cc1)C(=O)CSCc1c(F)cccc1Cl. The molecule has 0 bridgehead atoms. The number of nitrogens with one attached hydrogen (secondary N) is 1. The first kappa shape index (κ1) is 23.2. The van der Waals surface area contributed by atoms with Gasteiger partial charge in [-0.15, -0.1) is 11.8 Å². The van der Waals surface area contributed by atoms with E-state index in [1.165, 1.54) is 17.8 Å². The van der Waals surface area contributed by atoms with Gasteiger partial charge in [0.05, 0.1) is 5.75 Å². The molecule has 29 heavy (non-hydrogen) atoms. The molecule has 0 aliphatic heterocycles. The van der Waals surface area contributed by atoms with Crippen LogP contribution in [0.3, 0.4) is 0 Å². The summed E-state index contributed by atoms with van der Waals surface area (Å²) in [5.74, 6) is -0.354. The van der Waals surface area contributed by atoms with Crippen LogP contribution in [-0.4, -0.2) is 35.1 Å². The predicted octanol–water partition coefficient (Wildman–Crippen LogP) is 4.57. The number of carbonyl (C=O) groups excluding carboxylic acids is 2. The molecule has 2 aromatic rings. The van der Waals surface area contributed by atoms with Crippen molar-refractivity contribution in [3.8, 4) is 0 Å². The number of nitrogens with zero attached hydrogens (tertiary/aromatic N) is 1. The molecule has 2 rings (SSSR count). The molecule has 2 amide bonds. The van der Waals surface area contributed by atoms with Gasteiger partial charge in [-0.1, -0.05) is 47.5 Å². The van der Waals surface area contributed by atoms with Crippen LogP contribution < -0.4 is 5.32 Å². The highest BCUT2D eigenvalue weighted by atomic mass is 35.5. The quantitative estimate of drug-likeness (QED) is 0.626. The minimum Gasteiger partial charge on any atom is -0.355 e. The Balaban J connectivity index is 2.08. The standard InChI is InChI=1S/C22H26ClFN2O2S/c1-4-25-22(28)16(3)26(12-17-10-8-15(2)9-11-17)21(27)14-29-13-18-19(23)6-5-7-20(18)24/h5-11,16H,4,12-14H2,1-3H3,(H,25,28)/t16-/m0/s1. The van der Waals surface area contributed by atoms with Crippen molar-refractivity contribution in [1.82, 2.24) is 10.2 Å². The summed E-state index contributed by atoms with van der Waals surface area (Å²) in [6.07, 6.45) is 0. The Hall–Kier alpha value is -2.05. The van der Waals surface area contributed by atoms with E-state index in [9.17, 15) is 14.0 Å². The molecule has 1 N–H and O–H groups in total. The van der Waals surface area contributed by atoms with Crippen LogP contribution in [0.15, 0.2) is 42.5 Å². The van der Waals surface area contributed by atoms with Crippen LogP contribution in [-0.2, 0) is 21.9 Å². The van der Waals surface area contributed by atoms with Gasteiger partial charge in [0.1, 0.15) is 11.9 Å². The summed E-state index contributed by atoms with van der Waals surface area (Å²) in [6, 6.07) is 11.8. The lowest BCUT2D eigenvalue weighted by Gasteiger charge is -2.28. The van der Waals surface area contributed by atoms with E-state index in [1.54, 1.807) is 24.0 Å². The molecule has 7 heteroatoms. The summed E-state index contributed by atoms with van der Waals surface area (Å²) >= 11 is 7.33. The van der Waals surface area contributed by atoms with Crippen molar-refractivity contribution in [2.45, 2.75) is 39.1 Å². The van der Waals surface area contributed by atoms with Crippen LogP contribution in [0.4, 0.5) is 4.39 Å². The second kappa shape index (κ2) is 11.2. The van der Waals surface area contributed by atoms with Gasteiger partial charge in [-0.2, -0.15) is 0 Å². The molecule has 0 spiro atoms. The summed E-state index contributed by atoms with van der Waals surface area (Å²) in [5.41, 5.74) is 2.46. The third kappa shape index (κ3) is 6.75. The molecule has 2 aromatic carbocycles. The first-order valence-electron chi connectivity index (χ1n) is 9.46. The maximum absolute atomic E-state index is 13.9. The van der Waals surface area contributed by atoms with Crippen LogP contribution in [0.2, 0.25) is 5.02 Å². The molecule has 0 saturated heterocycles. The zero-order chi connectivity index (χ0) is 21.4. The average molecular weight is 437 g/mol. The fourth-order valence-electron chi connectivity index (χ4n) is 2.79. The maximum atomic E-state index is 13.9. The molecule has 0 aliphatic carbocycles. The van der Waals surface area contributed by atoms with Gasteiger partial charge < -0.3 is 10.2 Å². The molecular weight excluding hydrogens is 411 g/mol. The third-order valence-corrected chi connectivity index (χ3v) is 5.82. The molecule has 156 valence electrons. The van der Waals surface area contributed by atoms with Gasteiger partial charge in [0.25, 0.3) is 0 Å². The molecular formula is C22H26ClFN2O2S. The normalized spacial score (nSPS) is 11.8. The zero-order valence-corrected chi connectivity index (χ0v) is 18.4. The molecule has 0 heterocycles. The summed E-state index contributed by atoms with van der Waals surface area (Å²) in [7, 11) is 0. The Morgan fingerprint density at radius 2 is 1.90 bits per heavy atom. The monoisotopic (exact) mass is 436 g/mol. The van der Waals surface area contributed by atoms with E-state index < -0.39 is 6.04 Å². The van der Waals surface area contributed by atoms with Gasteiger partial charge >= 0.3 is 0 Å². The van der Waals surface area contributed by atoms with Crippen LogP contribution in [0, 0.1) is 12.7 Å². The number of hydrogen-bond acceptors (Lipinski definition) is 3. The van der Waals surface area contributed by atoms with Crippen molar-refractivity contribution in [2.24, 2.45) is 0 Å². The third-order valence-electron chi connectivity index (χ3n) is 4.53. The smallest absolute Gasteiger partial charge is 0.242 e. The van der Waals surface area contributed by atoms with Crippen molar-refractivity contribution >= 4 is 35.2 Å². The highest BCUT2D eigenvalue weighted by Crippen LogP contribution is 2.24. The lowest BCUT2D eigenvalue weighted by molar-refractivity contribution is -0.138. The van der Waals surface area contributed by atoms with Crippen molar-refractivity contribution in [3.05, 3.63) is 70.0 Å². The van der Waals surface area contributed by atoms with E-state index in [2.05, 4.69) is 5.32 Å². The maximum Gasteiger partial charge on any atom is 0.242 e. The van der Waals surface area contributed by atoms with Crippen molar-refractivity contribution in [1.29, 1.82) is 0 Å². The van der Waals surface area contributed by atoms with Gasteiger partial charge in [-0.05, 0) is 38.5 Å². The van der Waals surface area contributed by atoms with Crippen LogP contribution in [0.25, 0.3) is 0 Å². The number of rotatable bonds is 9. The van der Waals surface area contributed by atoms with E-state index in [0.29, 0.717) is 23.7 Å². The summed E-state index contributed by atoms with van der Waals surface area (Å²) < 4.78 is 13.9. The first-order valence-corrected chi connectivity index (χ1v) is 11.0. The fourth-order valence-corrected chi connectivity index (χ4v) is 4.04. The van der Waals surface area contributed by atoms with Crippen LogP contribution in [0.1, 0.15) is 30.5 Å². The van der Waals surface area contributed by atoms with E-state index >= 15 is 0 Å². The first-order chi connectivity index (χ1) is 13.8. The highest BCUT2D eigenvalue weighted by Gasteiger charge is 2.25. The second-order valence-electron chi connectivity index (χ2n) is 6.77. The number of hydrogen-bond donors (Lipinski definition) is 1. The van der Waals surface area contributed by atoms with Gasteiger partial charge in [-0.25, -0.2) is 4.39 Å². The Kier molecular flexibility index (Phi) is 8.99. The molecule has 0 aliphatic rings. The Morgan fingerprint density at radius 1 is 1.21 bits per heavy atom. The fraction of sp³-hybridized carbons (Fsp3) is 0.364. The Labute approximate surface area is 180 Å². The van der Waals surface area contributed by atoms with E-state index in [4.69, 9.17) is 11.6 Å². The number of amides is 2. The molecule has 0 unspecified atom stereocenters. The average Bonchev–Trinajstić information content (AvgIpc) is 2.69. The lowest BCUT2D eigenvalue weighted by atomic mass is 10.1. The van der Waals surface area contributed by atoms with Crippen LogP contribution in [0.5, 0.6) is 0 Å². The van der Waals surface area contributed by atoms with Gasteiger partial charge in [-0.3, -0.25) is 9.59 Å². The number of halogens is 2. The number of benzene rings is 2. The molecule has 0 fully saturated rings. The van der Waals surface area contributed by atoms with Crippen molar-refractivity contribution in [2.75, 3.05) is 12.3 Å². The number of thioether (sulfide) groups is 1. The Bertz CT molecular complexity index is 825. The van der Waals surface area contributed by atoms with Crippen molar-refractivity contribution < 1.29 is 14.0 Å². The number of likely N-dealkylation sites (N-methyl/N-ethyl adjacent to an activating group) is 1. The van der Waals surface area contributed by atoms with Crippen molar-refractivity contribution in [3.63, 3.8) is 0 Å². The minimum absolute atomic E-state index is 0.125. The minimum atomic E-state index is -0.610. The topological polar surface area (TPSA) is 49.4 Å². The second-order valence-corrected chi connectivity index (χ2v) is 8.16. The van der Waals surface area contributed by atoms with E-state index in [1.807, 2.05) is 38.1 Å².